The normalized spacial score (nSPS) is 22.7. The van der Waals surface area contributed by atoms with Crippen molar-refractivity contribution in [2.45, 2.75) is 38.0 Å². The fourth-order valence-corrected chi connectivity index (χ4v) is 2.22. The Morgan fingerprint density at radius 1 is 1.39 bits per heavy atom. The lowest BCUT2D eigenvalue weighted by molar-refractivity contribution is -0.147. The van der Waals surface area contributed by atoms with Gasteiger partial charge in [-0.15, -0.1) is 6.58 Å². The maximum absolute atomic E-state index is 11.9. The maximum atomic E-state index is 11.9. The molecule has 0 radical (unpaired) electrons. The number of carbonyl (C=O) groups excluding carboxylic acids is 1. The molecule has 96 valence electrons. The molecule has 2 rings (SSSR count). The molecule has 1 fully saturated rings. The van der Waals surface area contributed by atoms with Crippen LogP contribution in [-0.4, -0.2) is 18.1 Å². The number of rotatable bonds is 5. The first-order valence-corrected chi connectivity index (χ1v) is 6.37. The first-order valence-electron chi connectivity index (χ1n) is 6.37. The lowest BCUT2D eigenvalue weighted by Gasteiger charge is -2.12. The Morgan fingerprint density at radius 3 is 2.89 bits per heavy atom. The van der Waals surface area contributed by atoms with E-state index in [1.807, 2.05) is 36.4 Å². The summed E-state index contributed by atoms with van der Waals surface area (Å²) in [6.07, 6.45) is 4.65. The molecule has 2 unspecified atom stereocenters. The van der Waals surface area contributed by atoms with E-state index in [0.717, 1.165) is 24.8 Å². The van der Waals surface area contributed by atoms with E-state index < -0.39 is 0 Å². The van der Waals surface area contributed by atoms with Crippen LogP contribution in [0.1, 0.15) is 24.8 Å². The molecule has 18 heavy (non-hydrogen) atoms. The van der Waals surface area contributed by atoms with Gasteiger partial charge in [-0.2, -0.15) is 0 Å². The van der Waals surface area contributed by atoms with Crippen molar-refractivity contribution in [1.82, 2.24) is 5.32 Å². The van der Waals surface area contributed by atoms with Crippen LogP contribution in [0.3, 0.4) is 0 Å². The summed E-state index contributed by atoms with van der Waals surface area (Å²) < 4.78 is 5.31. The largest absolute Gasteiger partial charge is 0.460 e. The third kappa shape index (κ3) is 3.44. The summed E-state index contributed by atoms with van der Waals surface area (Å²) >= 11 is 0. The summed E-state index contributed by atoms with van der Waals surface area (Å²) in [6.45, 7) is 4.07. The van der Waals surface area contributed by atoms with Gasteiger partial charge in [0.2, 0.25) is 0 Å². The van der Waals surface area contributed by atoms with Crippen molar-refractivity contribution in [3.8, 4) is 0 Å². The zero-order chi connectivity index (χ0) is 12.8. The van der Waals surface area contributed by atoms with Gasteiger partial charge >= 0.3 is 5.97 Å². The minimum absolute atomic E-state index is 0.148. The molecule has 3 nitrogen and oxygen atoms in total. The topological polar surface area (TPSA) is 38.3 Å². The smallest absolute Gasteiger partial charge is 0.323 e. The molecule has 0 spiro atoms. The molecule has 1 saturated heterocycles. The van der Waals surface area contributed by atoms with Crippen LogP contribution in [0, 0.1) is 0 Å². The molecule has 1 aliphatic heterocycles. The van der Waals surface area contributed by atoms with Crippen LogP contribution < -0.4 is 5.32 Å². The van der Waals surface area contributed by atoms with E-state index in [9.17, 15) is 4.79 Å². The van der Waals surface area contributed by atoms with E-state index in [-0.39, 0.29) is 12.0 Å². The third-order valence-corrected chi connectivity index (χ3v) is 3.20. The Labute approximate surface area is 108 Å². The van der Waals surface area contributed by atoms with E-state index >= 15 is 0 Å². The van der Waals surface area contributed by atoms with Crippen LogP contribution in [0.2, 0.25) is 0 Å². The number of hydrogen-bond acceptors (Lipinski definition) is 3. The SMILES string of the molecule is C=CCC1CCC(C(=O)OCc2ccccc2)N1. The van der Waals surface area contributed by atoms with E-state index in [1.54, 1.807) is 0 Å². The first-order chi connectivity index (χ1) is 8.79. The lowest BCUT2D eigenvalue weighted by atomic mass is 10.1. The van der Waals surface area contributed by atoms with Crippen molar-refractivity contribution in [2.75, 3.05) is 0 Å². The fraction of sp³-hybridized carbons (Fsp3) is 0.400. The highest BCUT2D eigenvalue weighted by Crippen LogP contribution is 2.16. The fourth-order valence-electron chi connectivity index (χ4n) is 2.22. The predicted octanol–water partition coefficient (Wildman–Crippen LogP) is 2.43. The van der Waals surface area contributed by atoms with Crippen molar-refractivity contribution in [3.05, 3.63) is 48.6 Å². The summed E-state index contributed by atoms with van der Waals surface area (Å²) in [6, 6.07) is 9.96. The Hall–Kier alpha value is -1.61. The number of hydrogen-bond donors (Lipinski definition) is 1. The minimum Gasteiger partial charge on any atom is -0.460 e. The molecule has 0 amide bonds. The summed E-state index contributed by atoms with van der Waals surface area (Å²) in [5.74, 6) is -0.148. The first kappa shape index (κ1) is 12.8. The van der Waals surface area contributed by atoms with E-state index in [2.05, 4.69) is 11.9 Å². The number of carbonyl (C=O) groups is 1. The van der Waals surface area contributed by atoms with Gasteiger partial charge in [0.05, 0.1) is 0 Å². The van der Waals surface area contributed by atoms with Gasteiger partial charge in [-0.1, -0.05) is 36.4 Å². The quantitative estimate of drug-likeness (QED) is 0.639. The second kappa shape index (κ2) is 6.36. The van der Waals surface area contributed by atoms with Gasteiger partial charge in [-0.25, -0.2) is 0 Å². The van der Waals surface area contributed by atoms with Crippen molar-refractivity contribution in [2.24, 2.45) is 0 Å². The summed E-state index contributed by atoms with van der Waals surface area (Å²) in [5, 5.41) is 3.28. The van der Waals surface area contributed by atoms with Crippen molar-refractivity contribution in [1.29, 1.82) is 0 Å². The summed E-state index contributed by atoms with van der Waals surface area (Å²) in [7, 11) is 0. The van der Waals surface area contributed by atoms with E-state index in [0.29, 0.717) is 12.6 Å². The van der Waals surface area contributed by atoms with Crippen LogP contribution in [0.25, 0.3) is 0 Å². The second-order valence-corrected chi connectivity index (χ2v) is 4.61. The molecule has 0 aliphatic carbocycles. The molecule has 3 heteroatoms. The molecule has 1 aromatic rings. The molecule has 0 aromatic heterocycles. The Morgan fingerprint density at radius 2 is 2.17 bits per heavy atom. The lowest BCUT2D eigenvalue weighted by Crippen LogP contribution is -2.36. The molecule has 1 aliphatic rings. The molecule has 2 atom stereocenters. The van der Waals surface area contributed by atoms with Crippen LogP contribution in [0.4, 0.5) is 0 Å². The molecular formula is C15H19NO2. The highest BCUT2D eigenvalue weighted by atomic mass is 16.5. The van der Waals surface area contributed by atoms with Gasteiger partial charge in [-0.05, 0) is 24.8 Å². The molecule has 1 aromatic carbocycles. The highest BCUT2D eigenvalue weighted by Gasteiger charge is 2.29. The zero-order valence-corrected chi connectivity index (χ0v) is 10.5. The van der Waals surface area contributed by atoms with Crippen LogP contribution in [-0.2, 0) is 16.1 Å². The second-order valence-electron chi connectivity index (χ2n) is 4.61. The maximum Gasteiger partial charge on any atom is 0.323 e. The van der Waals surface area contributed by atoms with Crippen LogP contribution in [0.5, 0.6) is 0 Å². The Bertz CT molecular complexity index is 402. The van der Waals surface area contributed by atoms with Gasteiger partial charge in [0.1, 0.15) is 12.6 Å². The molecule has 1 N–H and O–H groups in total. The molecule has 0 bridgehead atoms. The van der Waals surface area contributed by atoms with Gasteiger partial charge < -0.3 is 10.1 Å². The molecular weight excluding hydrogens is 226 g/mol. The standard InChI is InChI=1S/C15H19NO2/c1-2-6-13-9-10-14(16-13)15(17)18-11-12-7-4-3-5-8-12/h2-5,7-8,13-14,16H,1,6,9-11H2. The number of esters is 1. The average Bonchev–Trinajstić information content (AvgIpc) is 2.86. The monoisotopic (exact) mass is 245 g/mol. The highest BCUT2D eigenvalue weighted by molar-refractivity contribution is 5.76. The van der Waals surface area contributed by atoms with Crippen molar-refractivity contribution >= 4 is 5.97 Å². The van der Waals surface area contributed by atoms with Gasteiger partial charge in [-0.3, -0.25) is 4.79 Å². The minimum atomic E-state index is -0.154. The van der Waals surface area contributed by atoms with Crippen LogP contribution >= 0.6 is 0 Å². The van der Waals surface area contributed by atoms with Gasteiger partial charge in [0.15, 0.2) is 0 Å². The van der Waals surface area contributed by atoms with Crippen molar-refractivity contribution < 1.29 is 9.53 Å². The average molecular weight is 245 g/mol. The Balaban J connectivity index is 1.77. The van der Waals surface area contributed by atoms with Gasteiger partial charge in [0.25, 0.3) is 0 Å². The number of benzene rings is 1. The predicted molar refractivity (Wildman–Crippen MR) is 71.0 cm³/mol. The van der Waals surface area contributed by atoms with E-state index in [4.69, 9.17) is 4.74 Å². The van der Waals surface area contributed by atoms with Gasteiger partial charge in [0, 0.05) is 6.04 Å². The molecule has 1 heterocycles. The molecule has 0 saturated carbocycles. The van der Waals surface area contributed by atoms with E-state index in [1.165, 1.54) is 0 Å². The summed E-state index contributed by atoms with van der Waals surface area (Å²) in [4.78, 5) is 11.9. The zero-order valence-electron chi connectivity index (χ0n) is 10.5. The number of ether oxygens (including phenoxy) is 1. The summed E-state index contributed by atoms with van der Waals surface area (Å²) in [5.41, 5.74) is 1.02. The third-order valence-electron chi connectivity index (χ3n) is 3.20. The van der Waals surface area contributed by atoms with Crippen LogP contribution in [0.15, 0.2) is 43.0 Å². The van der Waals surface area contributed by atoms with Crippen molar-refractivity contribution in [3.63, 3.8) is 0 Å². The Kier molecular flexibility index (Phi) is 4.53. The number of nitrogens with one attached hydrogen (secondary N) is 1.